The van der Waals surface area contributed by atoms with Crippen molar-refractivity contribution < 1.29 is 88.9 Å². The average Bonchev–Trinajstić information content (AvgIpc) is 1.62. The third-order valence-electron chi connectivity index (χ3n) is 16.2. The third kappa shape index (κ3) is 19.1. The molecule has 21 heteroatoms. The molecular formula is C78H92O19Si2. The van der Waals surface area contributed by atoms with Gasteiger partial charge >= 0.3 is 35.0 Å². The number of hydrogen-bond donors (Lipinski definition) is 0. The molecule has 0 saturated carbocycles. The largest absolute Gasteiger partial charge is 0.485 e. The third-order valence-corrected chi connectivity index (χ3v) is 26.5. The zero-order valence-corrected chi connectivity index (χ0v) is 59.9. The summed E-state index contributed by atoms with van der Waals surface area (Å²) in [7, 11) is -7.28. The molecule has 0 amide bonds. The number of rotatable bonds is 38. The minimum Gasteiger partial charge on any atom is -0.485 e. The quantitative estimate of drug-likeness (QED) is 0.0153. The standard InChI is InChI=1S/C78H92O19Si2/c1-15-36-82-62-42-59(43-63(83-37-16-2)69(62)88-48-56-30-24-21-25-31-56)75(79)91-51-68-72-73(96-99(54(11)12,55(13)14)97-98(95-72,52(7)8)53(9)10)74(93-76(80)60-44-64(84-38-17-3)70(65(45-60)85-39-18-4)89-49-57-32-26-22-27-33-57)78(92-68)94-77(81)61-46-66(86-40-19-5)71(67(47-61)87-41-20-6)90-50-58-34-28-23-29-35-58/h15-35,42-47,52-55,68,72-74,78H,1-6,36-41,48-51H2,7-14H3/t68-,72-,73+,74-,78+/m1/s1. The van der Waals surface area contributed by atoms with Crippen molar-refractivity contribution in [3.05, 3.63) is 237 Å². The minimum atomic E-state index is -3.68. The molecule has 0 bridgehead atoms. The molecule has 2 fully saturated rings. The van der Waals surface area contributed by atoms with Crippen molar-refractivity contribution >= 4 is 35.0 Å². The molecule has 0 spiro atoms. The van der Waals surface area contributed by atoms with Gasteiger partial charge < -0.3 is 74.5 Å². The summed E-state index contributed by atoms with van der Waals surface area (Å²) in [5, 5.41) is 0. The molecule has 2 aliphatic rings. The normalized spacial score (nSPS) is 17.5. The van der Waals surface area contributed by atoms with Crippen LogP contribution in [0.1, 0.15) is 103 Å². The Hall–Kier alpha value is -9.36. The lowest BCUT2D eigenvalue weighted by Gasteiger charge is -2.47. The molecule has 6 aromatic rings. The highest BCUT2D eigenvalue weighted by molar-refractivity contribution is 6.84. The second kappa shape index (κ2) is 36.5. The zero-order chi connectivity index (χ0) is 71.1. The average molecular weight is 1390 g/mol. The van der Waals surface area contributed by atoms with Gasteiger partial charge in [-0.25, -0.2) is 14.4 Å². The van der Waals surface area contributed by atoms with E-state index in [1.54, 1.807) is 24.3 Å². The molecule has 8 rings (SSSR count). The van der Waals surface area contributed by atoms with Crippen LogP contribution >= 0.6 is 0 Å². The van der Waals surface area contributed by atoms with Crippen molar-refractivity contribution in [1.82, 2.24) is 0 Å². The Balaban J connectivity index is 1.30. The lowest BCUT2D eigenvalue weighted by atomic mass is 9.98. The number of carbonyl (C=O) groups excluding carboxylic acids is 3. The van der Waals surface area contributed by atoms with E-state index < -0.39 is 72.3 Å². The topological polar surface area (TPSA) is 199 Å². The van der Waals surface area contributed by atoms with Gasteiger partial charge in [-0.2, -0.15) is 0 Å². The number of fused-ring (bicyclic) bond motifs is 1. The fraction of sp³-hybridized carbons (Fsp3) is 0.346. The fourth-order valence-electron chi connectivity index (χ4n) is 11.4. The van der Waals surface area contributed by atoms with Gasteiger partial charge in [0.25, 0.3) is 0 Å². The molecule has 99 heavy (non-hydrogen) atoms. The van der Waals surface area contributed by atoms with Crippen LogP contribution in [0.2, 0.25) is 22.2 Å². The second-order valence-electron chi connectivity index (χ2n) is 24.6. The summed E-state index contributed by atoms with van der Waals surface area (Å²) in [6.45, 7) is 39.3. The molecule has 0 aliphatic carbocycles. The zero-order valence-electron chi connectivity index (χ0n) is 57.9. The summed E-state index contributed by atoms with van der Waals surface area (Å²) in [5.74, 6) is -1.44. The molecule has 2 saturated heterocycles. The number of esters is 3. The van der Waals surface area contributed by atoms with E-state index in [0.29, 0.717) is 0 Å². The van der Waals surface area contributed by atoms with Crippen LogP contribution in [0.4, 0.5) is 0 Å². The van der Waals surface area contributed by atoms with E-state index in [1.807, 2.05) is 146 Å². The summed E-state index contributed by atoms with van der Waals surface area (Å²) in [4.78, 5) is 46.2. The SMILES string of the molecule is C=CCOc1cc(C(=O)OC[C@H]2O[C@@H](OC(=O)c3cc(OCC=C)c(OCc4ccccc4)c(OCC=C)c3)[C@H](OC(=O)c3cc(OCC=C)c(OCc4ccccc4)c(OCC=C)c3)[C@H]3O[Si](C(C)C)(C(C)C)O[Si](C(C)C)(C(C)C)O[C@@H]32)cc(OCC=C)c1OCc1ccccc1. The maximum absolute atomic E-state index is 15.7. The predicted octanol–water partition coefficient (Wildman–Crippen LogP) is 16.1. The first-order valence-electron chi connectivity index (χ1n) is 33.1. The Labute approximate surface area is 583 Å². The molecule has 5 atom stereocenters. The molecule has 6 aromatic carbocycles. The van der Waals surface area contributed by atoms with Crippen molar-refractivity contribution in [2.75, 3.05) is 46.2 Å². The molecule has 0 unspecified atom stereocenters. The molecule has 526 valence electrons. The van der Waals surface area contributed by atoms with Crippen LogP contribution in [-0.4, -0.2) is 112 Å². The monoisotopic (exact) mass is 1390 g/mol. The highest BCUT2D eigenvalue weighted by Crippen LogP contribution is 2.51. The van der Waals surface area contributed by atoms with Gasteiger partial charge in [0.2, 0.25) is 23.5 Å². The Morgan fingerprint density at radius 1 is 0.404 bits per heavy atom. The highest BCUT2D eigenvalue weighted by Gasteiger charge is 2.66. The Bertz CT molecular complexity index is 3590. The van der Waals surface area contributed by atoms with Crippen molar-refractivity contribution in [2.24, 2.45) is 0 Å². The highest BCUT2D eigenvalue weighted by atomic mass is 28.5. The predicted molar refractivity (Wildman–Crippen MR) is 382 cm³/mol. The van der Waals surface area contributed by atoms with Crippen LogP contribution in [0.25, 0.3) is 0 Å². The van der Waals surface area contributed by atoms with Crippen molar-refractivity contribution in [1.29, 1.82) is 0 Å². The molecule has 19 nitrogen and oxygen atoms in total. The molecule has 0 N–H and O–H groups in total. The van der Waals surface area contributed by atoms with Crippen LogP contribution in [0.3, 0.4) is 0 Å². The summed E-state index contributed by atoms with van der Waals surface area (Å²) in [6, 6.07) is 37.3. The van der Waals surface area contributed by atoms with Gasteiger partial charge in [0.1, 0.15) is 84.4 Å². The summed E-state index contributed by atoms with van der Waals surface area (Å²) in [6.07, 6.45) is 1.74. The lowest BCUT2D eigenvalue weighted by Crippen LogP contribution is -2.65. The minimum absolute atomic E-state index is 0.00194. The van der Waals surface area contributed by atoms with Gasteiger partial charge in [0.15, 0.2) is 40.6 Å². The number of benzene rings is 6. The van der Waals surface area contributed by atoms with Crippen LogP contribution in [0.5, 0.6) is 51.7 Å². The van der Waals surface area contributed by atoms with Gasteiger partial charge in [0, 0.05) is 0 Å². The first-order chi connectivity index (χ1) is 47.8. The van der Waals surface area contributed by atoms with Gasteiger partial charge in [-0.3, -0.25) is 0 Å². The van der Waals surface area contributed by atoms with Gasteiger partial charge in [0.05, 0.1) is 16.7 Å². The second-order valence-corrected chi connectivity index (χ2v) is 33.4. The first-order valence-corrected chi connectivity index (χ1v) is 37.0. The van der Waals surface area contributed by atoms with Crippen molar-refractivity contribution in [3.8, 4) is 51.7 Å². The summed E-state index contributed by atoms with van der Waals surface area (Å²) < 4.78 is 106. The molecular weight excluding hydrogens is 1300 g/mol. The lowest BCUT2D eigenvalue weighted by molar-refractivity contribution is -0.277. The van der Waals surface area contributed by atoms with E-state index in [-0.39, 0.29) is 150 Å². The Morgan fingerprint density at radius 2 is 0.697 bits per heavy atom. The Morgan fingerprint density at radius 3 is 1.00 bits per heavy atom. The van der Waals surface area contributed by atoms with E-state index >= 15 is 9.59 Å². The fourth-order valence-corrected chi connectivity index (χ4v) is 22.7. The van der Waals surface area contributed by atoms with E-state index in [4.69, 9.17) is 74.5 Å². The van der Waals surface area contributed by atoms with Gasteiger partial charge in [-0.15, -0.1) is 0 Å². The van der Waals surface area contributed by atoms with E-state index in [9.17, 15) is 4.79 Å². The molecule has 2 heterocycles. The van der Waals surface area contributed by atoms with Gasteiger partial charge in [-0.05, 0) is 75.3 Å². The van der Waals surface area contributed by atoms with Crippen LogP contribution in [0, 0.1) is 0 Å². The first kappa shape index (κ1) is 75.4. The van der Waals surface area contributed by atoms with E-state index in [0.717, 1.165) is 16.7 Å². The van der Waals surface area contributed by atoms with Gasteiger partial charge in [-0.1, -0.05) is 222 Å². The summed E-state index contributed by atoms with van der Waals surface area (Å²) >= 11 is 0. The molecule has 0 aromatic heterocycles. The van der Waals surface area contributed by atoms with Crippen molar-refractivity contribution in [3.63, 3.8) is 0 Å². The summed E-state index contributed by atoms with van der Waals surface area (Å²) in [5.41, 5.74) is 1.41. The number of carbonyl (C=O) groups is 3. The maximum atomic E-state index is 15.7. The van der Waals surface area contributed by atoms with E-state index in [1.165, 1.54) is 48.6 Å². The molecule has 0 radical (unpaired) electrons. The maximum Gasteiger partial charge on any atom is 0.340 e. The van der Waals surface area contributed by atoms with Crippen LogP contribution < -0.4 is 42.6 Å². The van der Waals surface area contributed by atoms with E-state index in [2.05, 4.69) is 39.5 Å². The van der Waals surface area contributed by atoms with Crippen LogP contribution in [-0.2, 0) is 51.7 Å². The molecule has 2 aliphatic heterocycles. The Kier molecular flexibility index (Phi) is 27.8. The van der Waals surface area contributed by atoms with Crippen LogP contribution in [0.15, 0.2) is 203 Å². The van der Waals surface area contributed by atoms with Crippen molar-refractivity contribution in [2.45, 2.75) is 128 Å². The number of ether oxygens (including phenoxy) is 13. The smallest absolute Gasteiger partial charge is 0.340 e. The number of hydrogen-bond acceptors (Lipinski definition) is 19.